The molecule has 29 heavy (non-hydrogen) atoms. The molecule has 154 valence electrons. The van der Waals surface area contributed by atoms with E-state index in [1.807, 2.05) is 42.6 Å². The van der Waals surface area contributed by atoms with E-state index in [-0.39, 0.29) is 5.91 Å². The van der Waals surface area contributed by atoms with E-state index in [1.165, 1.54) is 16.9 Å². The molecule has 3 rings (SSSR count). The maximum atomic E-state index is 11.9. The smallest absolute Gasteiger partial charge is 0.261 e. The molecule has 0 aliphatic carbocycles. The molecule has 1 amide bonds. The molecular formula is C21H28N6OS. The van der Waals surface area contributed by atoms with Crippen LogP contribution < -0.4 is 16.0 Å². The third kappa shape index (κ3) is 5.80. The Hall–Kier alpha value is -2.87. The zero-order valence-electron chi connectivity index (χ0n) is 16.9. The Balaban J connectivity index is 1.32. The molecule has 0 aliphatic rings. The van der Waals surface area contributed by atoms with E-state index in [0.717, 1.165) is 54.7 Å². The van der Waals surface area contributed by atoms with Gasteiger partial charge in [-0.2, -0.15) is 0 Å². The summed E-state index contributed by atoms with van der Waals surface area (Å²) < 4.78 is 2.25. The van der Waals surface area contributed by atoms with Crippen molar-refractivity contribution in [3.63, 3.8) is 0 Å². The lowest BCUT2D eigenvalue weighted by Gasteiger charge is -2.13. The first-order valence-electron chi connectivity index (χ1n) is 9.87. The number of benzene rings is 1. The normalized spacial score (nSPS) is 11.6. The van der Waals surface area contributed by atoms with Gasteiger partial charge in [-0.1, -0.05) is 18.2 Å². The van der Waals surface area contributed by atoms with Crippen molar-refractivity contribution in [2.24, 2.45) is 4.99 Å². The third-order valence-corrected chi connectivity index (χ3v) is 5.47. The highest BCUT2D eigenvalue weighted by Crippen LogP contribution is 2.15. The SMILES string of the molecule is CN=C(NCCCNC(=O)c1cccs1)NCCCn1c(C)nc2ccccc21. The maximum Gasteiger partial charge on any atom is 0.261 e. The Morgan fingerprint density at radius 1 is 1.07 bits per heavy atom. The number of carbonyl (C=O) groups is 1. The molecule has 0 aliphatic heterocycles. The molecule has 0 bridgehead atoms. The van der Waals surface area contributed by atoms with Crippen LogP contribution in [0.25, 0.3) is 11.0 Å². The molecule has 3 aromatic rings. The van der Waals surface area contributed by atoms with E-state index in [1.54, 1.807) is 7.05 Å². The second-order valence-electron chi connectivity index (χ2n) is 6.67. The fourth-order valence-corrected chi connectivity index (χ4v) is 3.77. The molecule has 0 saturated carbocycles. The monoisotopic (exact) mass is 412 g/mol. The lowest BCUT2D eigenvalue weighted by atomic mass is 10.3. The van der Waals surface area contributed by atoms with Crippen LogP contribution in [0.2, 0.25) is 0 Å². The number of nitrogens with one attached hydrogen (secondary N) is 3. The highest BCUT2D eigenvalue weighted by Gasteiger charge is 2.07. The van der Waals surface area contributed by atoms with Gasteiger partial charge in [-0.05, 0) is 43.3 Å². The van der Waals surface area contributed by atoms with Crippen molar-refractivity contribution in [1.29, 1.82) is 0 Å². The van der Waals surface area contributed by atoms with Gasteiger partial charge in [0.1, 0.15) is 5.82 Å². The minimum atomic E-state index is -0.00942. The molecular weight excluding hydrogens is 384 g/mol. The molecule has 0 fully saturated rings. The second kappa shape index (κ2) is 10.6. The van der Waals surface area contributed by atoms with Gasteiger partial charge in [0.25, 0.3) is 5.91 Å². The standard InChI is InChI=1S/C21H28N6OS/c1-16-26-17-8-3-4-9-18(17)27(16)14-7-13-25-21(22-2)24-12-6-11-23-20(28)19-10-5-15-29-19/h3-5,8-10,15H,6-7,11-14H2,1-2H3,(H,23,28)(H2,22,24,25). The molecule has 3 N–H and O–H groups in total. The number of aliphatic imine (C=N–C) groups is 1. The first-order chi connectivity index (χ1) is 14.2. The van der Waals surface area contributed by atoms with Gasteiger partial charge in [0.2, 0.25) is 0 Å². The number of aromatic nitrogens is 2. The lowest BCUT2D eigenvalue weighted by molar-refractivity contribution is 0.0957. The van der Waals surface area contributed by atoms with Crippen LogP contribution in [0.5, 0.6) is 0 Å². The third-order valence-electron chi connectivity index (χ3n) is 4.60. The predicted molar refractivity (Wildman–Crippen MR) is 120 cm³/mol. The molecule has 0 atom stereocenters. The summed E-state index contributed by atoms with van der Waals surface area (Å²) in [5, 5.41) is 11.5. The molecule has 2 aromatic heterocycles. The number of guanidine groups is 1. The Morgan fingerprint density at radius 3 is 2.59 bits per heavy atom. The molecule has 1 aromatic carbocycles. The summed E-state index contributed by atoms with van der Waals surface area (Å²) in [4.78, 5) is 21.5. The Bertz CT molecular complexity index is 947. The zero-order chi connectivity index (χ0) is 20.5. The highest BCUT2D eigenvalue weighted by atomic mass is 32.1. The predicted octanol–water partition coefficient (Wildman–Crippen LogP) is 2.78. The van der Waals surface area contributed by atoms with Gasteiger partial charge in [-0.3, -0.25) is 9.79 Å². The molecule has 0 saturated heterocycles. The van der Waals surface area contributed by atoms with E-state index >= 15 is 0 Å². The summed E-state index contributed by atoms with van der Waals surface area (Å²) in [5.74, 6) is 1.81. The van der Waals surface area contributed by atoms with Crippen LogP contribution >= 0.6 is 11.3 Å². The zero-order valence-corrected chi connectivity index (χ0v) is 17.8. The highest BCUT2D eigenvalue weighted by molar-refractivity contribution is 7.12. The summed E-state index contributed by atoms with van der Waals surface area (Å²) in [6.45, 7) is 5.15. The number of nitrogens with zero attached hydrogens (tertiary/aromatic N) is 3. The van der Waals surface area contributed by atoms with Crippen molar-refractivity contribution in [3.05, 3.63) is 52.5 Å². The van der Waals surface area contributed by atoms with Crippen molar-refractivity contribution in [3.8, 4) is 0 Å². The Labute approximate surface area is 175 Å². The van der Waals surface area contributed by atoms with E-state index in [9.17, 15) is 4.79 Å². The van der Waals surface area contributed by atoms with Crippen molar-refractivity contribution < 1.29 is 4.79 Å². The van der Waals surface area contributed by atoms with Crippen LogP contribution in [0.4, 0.5) is 0 Å². The van der Waals surface area contributed by atoms with Crippen molar-refractivity contribution in [2.75, 3.05) is 26.7 Å². The fourth-order valence-electron chi connectivity index (χ4n) is 3.13. The van der Waals surface area contributed by atoms with Gasteiger partial charge >= 0.3 is 0 Å². The number of aryl methyl sites for hydroxylation is 2. The Morgan fingerprint density at radius 2 is 1.83 bits per heavy atom. The number of imidazole rings is 1. The lowest BCUT2D eigenvalue weighted by Crippen LogP contribution is -2.39. The molecule has 0 radical (unpaired) electrons. The molecule has 0 spiro atoms. The van der Waals surface area contributed by atoms with Gasteiger partial charge in [0.05, 0.1) is 15.9 Å². The number of hydrogen-bond donors (Lipinski definition) is 3. The van der Waals surface area contributed by atoms with Gasteiger partial charge in [-0.25, -0.2) is 4.98 Å². The topological polar surface area (TPSA) is 83.3 Å². The number of carbonyl (C=O) groups excluding carboxylic acids is 1. The van der Waals surface area contributed by atoms with Gasteiger partial charge in [-0.15, -0.1) is 11.3 Å². The van der Waals surface area contributed by atoms with Crippen LogP contribution in [0.15, 0.2) is 46.8 Å². The summed E-state index contributed by atoms with van der Waals surface area (Å²) in [6.07, 6.45) is 1.80. The average Bonchev–Trinajstić information content (AvgIpc) is 3.37. The first kappa shape index (κ1) is 20.9. The van der Waals surface area contributed by atoms with Crippen LogP contribution in [0.3, 0.4) is 0 Å². The van der Waals surface area contributed by atoms with Crippen molar-refractivity contribution >= 4 is 34.2 Å². The molecule has 7 nitrogen and oxygen atoms in total. The maximum absolute atomic E-state index is 11.9. The largest absolute Gasteiger partial charge is 0.356 e. The molecule has 8 heteroatoms. The summed E-state index contributed by atoms with van der Waals surface area (Å²) >= 11 is 1.45. The van der Waals surface area contributed by atoms with E-state index in [0.29, 0.717) is 6.54 Å². The van der Waals surface area contributed by atoms with Gasteiger partial charge < -0.3 is 20.5 Å². The van der Waals surface area contributed by atoms with Crippen LogP contribution in [-0.2, 0) is 6.54 Å². The van der Waals surface area contributed by atoms with Gasteiger partial charge in [0, 0.05) is 33.2 Å². The number of thiophene rings is 1. The number of amides is 1. The van der Waals surface area contributed by atoms with Crippen LogP contribution in [-0.4, -0.2) is 48.1 Å². The minimum absolute atomic E-state index is 0.00942. The number of fused-ring (bicyclic) bond motifs is 1. The van der Waals surface area contributed by atoms with E-state index in [4.69, 9.17) is 0 Å². The number of para-hydroxylation sites is 2. The number of rotatable bonds is 9. The van der Waals surface area contributed by atoms with Gasteiger partial charge in [0.15, 0.2) is 5.96 Å². The number of hydrogen-bond acceptors (Lipinski definition) is 4. The van der Waals surface area contributed by atoms with Crippen molar-refractivity contribution in [1.82, 2.24) is 25.5 Å². The first-order valence-corrected chi connectivity index (χ1v) is 10.7. The fraction of sp³-hybridized carbons (Fsp3) is 0.381. The quantitative estimate of drug-likeness (QED) is 0.287. The Kier molecular flexibility index (Phi) is 7.63. The summed E-state index contributed by atoms with van der Waals surface area (Å²) in [6, 6.07) is 11.9. The summed E-state index contributed by atoms with van der Waals surface area (Å²) in [5.41, 5.74) is 2.22. The second-order valence-corrected chi connectivity index (χ2v) is 7.61. The van der Waals surface area contributed by atoms with E-state index < -0.39 is 0 Å². The van der Waals surface area contributed by atoms with Crippen LogP contribution in [0, 0.1) is 6.92 Å². The van der Waals surface area contributed by atoms with E-state index in [2.05, 4.69) is 36.6 Å². The molecule has 0 unspecified atom stereocenters. The van der Waals surface area contributed by atoms with Crippen molar-refractivity contribution in [2.45, 2.75) is 26.3 Å². The molecule has 2 heterocycles. The summed E-state index contributed by atoms with van der Waals surface area (Å²) in [7, 11) is 1.77. The minimum Gasteiger partial charge on any atom is -0.356 e. The van der Waals surface area contributed by atoms with Crippen LogP contribution in [0.1, 0.15) is 28.3 Å². The average molecular weight is 413 g/mol.